The predicted molar refractivity (Wildman–Crippen MR) is 71.5 cm³/mol. The maximum Gasteiger partial charge on any atom is 0.0794 e. The van der Waals surface area contributed by atoms with Gasteiger partial charge in [-0.1, -0.05) is 23.7 Å². The lowest BCUT2D eigenvalue weighted by Gasteiger charge is -2.24. The van der Waals surface area contributed by atoms with Crippen LogP contribution < -0.4 is 0 Å². The van der Waals surface area contributed by atoms with Gasteiger partial charge >= 0.3 is 0 Å². The van der Waals surface area contributed by atoms with E-state index >= 15 is 0 Å². The highest BCUT2D eigenvalue weighted by Gasteiger charge is 2.20. The van der Waals surface area contributed by atoms with Gasteiger partial charge in [-0.05, 0) is 50.8 Å². The van der Waals surface area contributed by atoms with Gasteiger partial charge in [0.05, 0.1) is 11.7 Å². The Kier molecular flexibility index (Phi) is 4.99. The van der Waals surface area contributed by atoms with Gasteiger partial charge in [0.25, 0.3) is 0 Å². The Bertz CT molecular complexity index is 374. The molecule has 0 heterocycles. The van der Waals surface area contributed by atoms with Crippen LogP contribution in [0.3, 0.4) is 0 Å². The second-order valence-corrected chi connectivity index (χ2v) is 5.38. The van der Waals surface area contributed by atoms with Crippen LogP contribution in [0.25, 0.3) is 0 Å². The predicted octanol–water partition coefficient (Wildman–Crippen LogP) is 3.89. The third-order valence-electron chi connectivity index (χ3n) is 3.24. The van der Waals surface area contributed by atoms with Crippen LogP contribution in [-0.4, -0.2) is 17.8 Å². The van der Waals surface area contributed by atoms with E-state index in [0.717, 1.165) is 17.5 Å². The second kappa shape index (κ2) is 5.85. The first-order valence-electron chi connectivity index (χ1n) is 5.85. The molecule has 0 aliphatic rings. The van der Waals surface area contributed by atoms with Crippen LogP contribution in [0.2, 0.25) is 5.02 Å². The third-order valence-corrected chi connectivity index (χ3v) is 3.65. The molecule has 96 valence electrons. The van der Waals surface area contributed by atoms with Crippen molar-refractivity contribution in [3.8, 4) is 0 Å². The zero-order chi connectivity index (χ0) is 13.1. The van der Waals surface area contributed by atoms with Gasteiger partial charge in [0.1, 0.15) is 0 Å². The summed E-state index contributed by atoms with van der Waals surface area (Å²) in [6.07, 6.45) is 0.988. The van der Waals surface area contributed by atoms with Gasteiger partial charge in [-0.15, -0.1) is 0 Å². The fraction of sp³-hybridized carbons (Fsp3) is 0.571. The quantitative estimate of drug-likeness (QED) is 0.866. The van der Waals surface area contributed by atoms with E-state index in [4.69, 9.17) is 16.3 Å². The molecule has 0 fully saturated rings. The first-order valence-corrected chi connectivity index (χ1v) is 6.23. The highest BCUT2D eigenvalue weighted by Crippen LogP contribution is 2.29. The molecule has 0 radical (unpaired) electrons. The molecule has 0 saturated carbocycles. The maximum absolute atomic E-state index is 10.2. The summed E-state index contributed by atoms with van der Waals surface area (Å²) in [7, 11) is 1.69. The molecule has 0 bridgehead atoms. The lowest BCUT2D eigenvalue weighted by atomic mass is 9.94. The minimum atomic E-state index is -0.483. The van der Waals surface area contributed by atoms with E-state index in [0.29, 0.717) is 11.4 Å². The van der Waals surface area contributed by atoms with Crippen molar-refractivity contribution in [2.75, 3.05) is 7.11 Å². The summed E-state index contributed by atoms with van der Waals surface area (Å²) in [5, 5.41) is 10.9. The normalized spacial score (nSPS) is 13.8. The molecule has 0 amide bonds. The summed E-state index contributed by atoms with van der Waals surface area (Å²) in [4.78, 5) is 0. The molecule has 0 aromatic heterocycles. The van der Waals surface area contributed by atoms with E-state index in [9.17, 15) is 5.11 Å². The van der Waals surface area contributed by atoms with Crippen LogP contribution in [0.1, 0.15) is 43.9 Å². The van der Waals surface area contributed by atoms with Gasteiger partial charge in [-0.3, -0.25) is 0 Å². The Morgan fingerprint density at radius 1 is 1.41 bits per heavy atom. The first-order chi connectivity index (χ1) is 7.87. The summed E-state index contributed by atoms with van der Waals surface area (Å²) in [6.45, 7) is 5.97. The Balaban J connectivity index is 2.71. The highest BCUT2D eigenvalue weighted by molar-refractivity contribution is 6.31. The van der Waals surface area contributed by atoms with Crippen molar-refractivity contribution >= 4 is 11.6 Å². The summed E-state index contributed by atoms with van der Waals surface area (Å²) in [5.74, 6) is 0. The van der Waals surface area contributed by atoms with E-state index in [1.165, 1.54) is 0 Å². The standard InChI is InChI=1S/C14H21ClO2/c1-10-11(6-5-7-12(10)15)13(16)8-9-14(2,3)17-4/h5-7,13,16H,8-9H2,1-4H3. The number of rotatable bonds is 5. The van der Waals surface area contributed by atoms with Crippen molar-refractivity contribution < 1.29 is 9.84 Å². The van der Waals surface area contributed by atoms with E-state index in [2.05, 4.69) is 0 Å². The fourth-order valence-electron chi connectivity index (χ4n) is 1.73. The van der Waals surface area contributed by atoms with Gasteiger partial charge in [0.2, 0.25) is 0 Å². The van der Waals surface area contributed by atoms with Gasteiger partial charge in [-0.25, -0.2) is 0 Å². The number of halogens is 1. The number of aliphatic hydroxyl groups is 1. The number of hydrogen-bond donors (Lipinski definition) is 1. The van der Waals surface area contributed by atoms with Crippen molar-refractivity contribution in [1.82, 2.24) is 0 Å². The number of hydrogen-bond acceptors (Lipinski definition) is 2. The Morgan fingerprint density at radius 3 is 2.65 bits per heavy atom. The monoisotopic (exact) mass is 256 g/mol. The SMILES string of the molecule is COC(C)(C)CCC(O)c1cccc(Cl)c1C. The molecule has 0 spiro atoms. The number of aliphatic hydroxyl groups excluding tert-OH is 1. The van der Waals surface area contributed by atoms with Crippen LogP contribution in [0.15, 0.2) is 18.2 Å². The number of benzene rings is 1. The molecule has 1 aromatic rings. The zero-order valence-electron chi connectivity index (χ0n) is 11.0. The Hall–Kier alpha value is -0.570. The fourth-order valence-corrected chi connectivity index (χ4v) is 1.91. The molecule has 1 rings (SSSR count). The molecule has 17 heavy (non-hydrogen) atoms. The molecule has 1 unspecified atom stereocenters. The molecule has 0 saturated heterocycles. The lowest BCUT2D eigenvalue weighted by molar-refractivity contribution is 0.00273. The van der Waals surface area contributed by atoms with E-state index < -0.39 is 6.10 Å². The minimum absolute atomic E-state index is 0.201. The van der Waals surface area contributed by atoms with Gasteiger partial charge < -0.3 is 9.84 Å². The van der Waals surface area contributed by atoms with Crippen molar-refractivity contribution in [3.63, 3.8) is 0 Å². The van der Waals surface area contributed by atoms with Gasteiger partial charge in [0.15, 0.2) is 0 Å². The highest BCUT2D eigenvalue weighted by atomic mass is 35.5. The van der Waals surface area contributed by atoms with Crippen LogP contribution in [-0.2, 0) is 4.74 Å². The average molecular weight is 257 g/mol. The summed E-state index contributed by atoms with van der Waals surface area (Å²) < 4.78 is 5.34. The van der Waals surface area contributed by atoms with Crippen molar-refractivity contribution in [2.45, 2.75) is 45.3 Å². The first kappa shape index (κ1) is 14.5. The molecule has 1 atom stereocenters. The van der Waals surface area contributed by atoms with Gasteiger partial charge in [0, 0.05) is 12.1 Å². The van der Waals surface area contributed by atoms with Crippen LogP contribution in [0.5, 0.6) is 0 Å². The van der Waals surface area contributed by atoms with Crippen LogP contribution >= 0.6 is 11.6 Å². The molecule has 1 N–H and O–H groups in total. The van der Waals surface area contributed by atoms with Gasteiger partial charge in [-0.2, -0.15) is 0 Å². The molecular formula is C14H21ClO2. The lowest BCUT2D eigenvalue weighted by Crippen LogP contribution is -2.23. The third kappa shape index (κ3) is 3.98. The maximum atomic E-state index is 10.2. The summed E-state index contributed by atoms with van der Waals surface area (Å²) >= 11 is 6.04. The smallest absolute Gasteiger partial charge is 0.0794 e. The van der Waals surface area contributed by atoms with Crippen molar-refractivity contribution in [1.29, 1.82) is 0 Å². The molecule has 0 aliphatic carbocycles. The molecule has 3 heteroatoms. The van der Waals surface area contributed by atoms with Crippen LogP contribution in [0, 0.1) is 6.92 Å². The number of methoxy groups -OCH3 is 1. The molecular weight excluding hydrogens is 236 g/mol. The largest absolute Gasteiger partial charge is 0.388 e. The molecule has 0 aliphatic heterocycles. The van der Waals surface area contributed by atoms with Crippen molar-refractivity contribution in [3.05, 3.63) is 34.3 Å². The summed E-state index contributed by atoms with van der Waals surface area (Å²) in [6, 6.07) is 5.63. The Labute approximate surface area is 109 Å². The zero-order valence-corrected chi connectivity index (χ0v) is 11.7. The van der Waals surface area contributed by atoms with E-state index in [-0.39, 0.29) is 5.60 Å². The second-order valence-electron chi connectivity index (χ2n) is 4.97. The molecule has 1 aromatic carbocycles. The Morgan fingerprint density at radius 2 is 2.06 bits per heavy atom. The summed E-state index contributed by atoms with van der Waals surface area (Å²) in [5.41, 5.74) is 1.66. The average Bonchev–Trinajstić information content (AvgIpc) is 2.30. The number of ether oxygens (including phenoxy) is 1. The van der Waals surface area contributed by atoms with Crippen molar-refractivity contribution in [2.24, 2.45) is 0 Å². The van der Waals surface area contributed by atoms with Crippen LogP contribution in [0.4, 0.5) is 0 Å². The minimum Gasteiger partial charge on any atom is -0.388 e. The molecule has 2 nitrogen and oxygen atoms in total. The van der Waals surface area contributed by atoms with E-state index in [1.54, 1.807) is 7.11 Å². The topological polar surface area (TPSA) is 29.5 Å². The van der Waals surface area contributed by atoms with E-state index in [1.807, 2.05) is 39.0 Å².